The molecule has 2 heterocycles. The lowest BCUT2D eigenvalue weighted by Gasteiger charge is -2.36. The Morgan fingerprint density at radius 2 is 1.95 bits per heavy atom. The van der Waals surface area contributed by atoms with Crippen molar-refractivity contribution in [3.63, 3.8) is 0 Å². The average Bonchev–Trinajstić information content (AvgIpc) is 2.80. The molecule has 1 aromatic heterocycles. The largest absolute Gasteiger partial charge is 0.451 e. The first-order valence-corrected chi connectivity index (χ1v) is 6.72. The van der Waals surface area contributed by atoms with E-state index in [9.17, 15) is 13.2 Å². The summed E-state index contributed by atoms with van der Waals surface area (Å²) in [6, 6.07) is 0.280. The Balaban J connectivity index is 2.11. The van der Waals surface area contributed by atoms with Crippen molar-refractivity contribution >= 4 is 0 Å². The molecule has 114 valence electrons. The van der Waals surface area contributed by atoms with Crippen molar-refractivity contribution in [1.29, 1.82) is 0 Å². The van der Waals surface area contributed by atoms with E-state index in [2.05, 4.69) is 34.3 Å². The Hall–Kier alpha value is -1.15. The fourth-order valence-electron chi connectivity index (χ4n) is 2.59. The summed E-state index contributed by atoms with van der Waals surface area (Å²) in [5.74, 6) is -0.0771. The third-order valence-electron chi connectivity index (χ3n) is 3.96. The van der Waals surface area contributed by atoms with Crippen molar-refractivity contribution in [3.8, 4) is 0 Å². The van der Waals surface area contributed by atoms with Gasteiger partial charge in [-0.15, -0.1) is 10.2 Å². The van der Waals surface area contributed by atoms with Crippen molar-refractivity contribution in [2.45, 2.75) is 39.2 Å². The van der Waals surface area contributed by atoms with Crippen molar-refractivity contribution < 1.29 is 13.2 Å². The molecule has 0 radical (unpaired) electrons. The first kappa shape index (κ1) is 15.2. The number of nitrogens with zero attached hydrogens (tertiary/aromatic N) is 4. The molecule has 0 saturated heterocycles. The summed E-state index contributed by atoms with van der Waals surface area (Å²) >= 11 is 0. The van der Waals surface area contributed by atoms with Gasteiger partial charge in [-0.2, -0.15) is 13.2 Å². The van der Waals surface area contributed by atoms with Gasteiger partial charge in [0, 0.05) is 19.1 Å². The maximum absolute atomic E-state index is 12.7. The second kappa shape index (κ2) is 5.69. The van der Waals surface area contributed by atoms with Gasteiger partial charge in [-0.1, -0.05) is 6.92 Å². The zero-order valence-corrected chi connectivity index (χ0v) is 11.9. The van der Waals surface area contributed by atoms with Crippen LogP contribution < -0.4 is 5.32 Å². The molecule has 0 amide bonds. The third-order valence-corrected chi connectivity index (χ3v) is 3.96. The first-order valence-electron chi connectivity index (χ1n) is 6.72. The van der Waals surface area contributed by atoms with Crippen LogP contribution in [0.2, 0.25) is 0 Å². The summed E-state index contributed by atoms with van der Waals surface area (Å²) in [4.78, 5) is 2.16. The Morgan fingerprint density at radius 3 is 2.55 bits per heavy atom. The van der Waals surface area contributed by atoms with Crippen molar-refractivity contribution in [1.82, 2.24) is 25.0 Å². The van der Waals surface area contributed by atoms with E-state index in [1.54, 1.807) is 0 Å². The van der Waals surface area contributed by atoms with Crippen LogP contribution in [-0.4, -0.2) is 45.8 Å². The van der Waals surface area contributed by atoms with E-state index in [1.165, 1.54) is 4.57 Å². The van der Waals surface area contributed by atoms with E-state index in [1.807, 2.05) is 7.05 Å². The van der Waals surface area contributed by atoms with Gasteiger partial charge >= 0.3 is 6.18 Å². The first-order chi connectivity index (χ1) is 9.34. The number of nitrogens with one attached hydrogen (secondary N) is 1. The average molecular weight is 291 g/mol. The summed E-state index contributed by atoms with van der Waals surface area (Å²) in [5, 5.41) is 10.1. The van der Waals surface area contributed by atoms with Crippen LogP contribution in [0.3, 0.4) is 0 Å². The van der Waals surface area contributed by atoms with Crippen molar-refractivity contribution in [3.05, 3.63) is 11.6 Å². The molecule has 0 fully saturated rings. The van der Waals surface area contributed by atoms with Gasteiger partial charge < -0.3 is 9.88 Å². The molecular formula is C12H20F3N5. The van der Waals surface area contributed by atoms with Gasteiger partial charge in [-0.25, -0.2) is 0 Å². The van der Waals surface area contributed by atoms with Gasteiger partial charge in [0.1, 0.15) is 5.82 Å². The predicted molar refractivity (Wildman–Crippen MR) is 68.0 cm³/mol. The summed E-state index contributed by atoms with van der Waals surface area (Å²) < 4.78 is 39.4. The molecule has 1 N–H and O–H groups in total. The van der Waals surface area contributed by atoms with Gasteiger partial charge in [-0.05, 0) is 26.4 Å². The molecule has 20 heavy (non-hydrogen) atoms. The Kier molecular flexibility index (Phi) is 4.33. The highest BCUT2D eigenvalue weighted by molar-refractivity contribution is 5.02. The number of hydrogen-bond acceptors (Lipinski definition) is 4. The quantitative estimate of drug-likeness (QED) is 0.910. The number of alkyl halides is 3. The molecule has 0 saturated carbocycles. The van der Waals surface area contributed by atoms with Crippen LogP contribution in [0, 0.1) is 5.92 Å². The van der Waals surface area contributed by atoms with E-state index in [4.69, 9.17) is 0 Å². The topological polar surface area (TPSA) is 46.0 Å². The molecule has 1 aromatic rings. The molecule has 2 unspecified atom stereocenters. The Bertz CT molecular complexity index is 456. The van der Waals surface area contributed by atoms with Crippen LogP contribution in [0.4, 0.5) is 13.2 Å². The molecular weight excluding hydrogens is 271 g/mol. The summed E-state index contributed by atoms with van der Waals surface area (Å²) in [6.45, 7) is 6.38. The van der Waals surface area contributed by atoms with Gasteiger partial charge in [0.15, 0.2) is 0 Å². The summed E-state index contributed by atoms with van der Waals surface area (Å²) in [5.41, 5.74) is 0. The van der Waals surface area contributed by atoms with Gasteiger partial charge in [0.25, 0.3) is 0 Å². The van der Waals surface area contributed by atoms with Crippen LogP contribution in [-0.2, 0) is 19.3 Å². The highest BCUT2D eigenvalue weighted by Crippen LogP contribution is 2.30. The fraction of sp³-hybridized carbons (Fsp3) is 0.833. The minimum absolute atomic E-state index is 0.280. The SMILES string of the molecule is CNCC(C)C(C)N1CCn2c(nnc2C(F)(F)F)C1. The summed E-state index contributed by atoms with van der Waals surface area (Å²) in [6.07, 6.45) is -4.43. The maximum Gasteiger partial charge on any atom is 0.451 e. The third kappa shape index (κ3) is 2.95. The van der Waals surface area contributed by atoms with Crippen LogP contribution in [0.1, 0.15) is 25.5 Å². The number of rotatable bonds is 4. The molecule has 5 nitrogen and oxygen atoms in total. The van der Waals surface area contributed by atoms with E-state index >= 15 is 0 Å². The van der Waals surface area contributed by atoms with E-state index < -0.39 is 12.0 Å². The minimum Gasteiger partial charge on any atom is -0.319 e. The van der Waals surface area contributed by atoms with Gasteiger partial charge in [-0.3, -0.25) is 4.90 Å². The predicted octanol–water partition coefficient (Wildman–Crippen LogP) is 1.36. The summed E-state index contributed by atoms with van der Waals surface area (Å²) in [7, 11) is 1.89. The normalized spacial score (nSPS) is 19.7. The van der Waals surface area contributed by atoms with E-state index in [-0.39, 0.29) is 12.6 Å². The molecule has 0 spiro atoms. The molecule has 2 rings (SSSR count). The molecule has 1 aliphatic heterocycles. The van der Waals surface area contributed by atoms with Crippen LogP contribution in [0.15, 0.2) is 0 Å². The molecule has 1 aliphatic rings. The van der Waals surface area contributed by atoms with Gasteiger partial charge in [0.05, 0.1) is 6.54 Å². The van der Waals surface area contributed by atoms with Gasteiger partial charge in [0.2, 0.25) is 5.82 Å². The smallest absolute Gasteiger partial charge is 0.319 e. The van der Waals surface area contributed by atoms with Crippen LogP contribution in [0.5, 0.6) is 0 Å². The highest BCUT2D eigenvalue weighted by atomic mass is 19.4. The Morgan fingerprint density at radius 1 is 1.25 bits per heavy atom. The molecule has 0 aromatic carbocycles. The zero-order valence-electron chi connectivity index (χ0n) is 11.9. The molecule has 0 bridgehead atoms. The minimum atomic E-state index is -4.43. The number of aromatic nitrogens is 3. The second-order valence-electron chi connectivity index (χ2n) is 5.34. The number of halogens is 3. The molecule has 2 atom stereocenters. The number of hydrogen-bond donors (Lipinski definition) is 1. The maximum atomic E-state index is 12.7. The molecule has 8 heteroatoms. The van der Waals surface area contributed by atoms with Crippen LogP contribution >= 0.6 is 0 Å². The second-order valence-corrected chi connectivity index (χ2v) is 5.34. The standard InChI is InChI=1S/C12H20F3N5/c1-8(6-16-3)9(2)19-4-5-20-10(7-19)17-18-11(20)12(13,14)15/h8-9,16H,4-7H2,1-3H3. The molecule has 0 aliphatic carbocycles. The zero-order chi connectivity index (χ0) is 14.9. The monoisotopic (exact) mass is 291 g/mol. The van der Waals surface area contributed by atoms with E-state index in [0.29, 0.717) is 24.8 Å². The van der Waals surface area contributed by atoms with Crippen molar-refractivity contribution in [2.75, 3.05) is 20.1 Å². The van der Waals surface area contributed by atoms with Crippen molar-refractivity contribution in [2.24, 2.45) is 5.92 Å². The lowest BCUT2D eigenvalue weighted by molar-refractivity contribution is -0.148. The fourth-order valence-corrected chi connectivity index (χ4v) is 2.59. The number of fused-ring (bicyclic) bond motifs is 1. The Labute approximate surface area is 116 Å². The highest BCUT2D eigenvalue weighted by Gasteiger charge is 2.40. The lowest BCUT2D eigenvalue weighted by Crippen LogP contribution is -2.45. The van der Waals surface area contributed by atoms with Crippen LogP contribution in [0.25, 0.3) is 0 Å². The van der Waals surface area contributed by atoms with E-state index in [0.717, 1.165) is 6.54 Å². The lowest BCUT2D eigenvalue weighted by atomic mass is 10.0.